The van der Waals surface area contributed by atoms with E-state index in [4.69, 9.17) is 9.47 Å². The van der Waals surface area contributed by atoms with Crippen molar-refractivity contribution in [3.8, 4) is 5.82 Å². The molecule has 0 unspecified atom stereocenters. The molecule has 0 saturated carbocycles. The van der Waals surface area contributed by atoms with Gasteiger partial charge >= 0.3 is 11.9 Å². The van der Waals surface area contributed by atoms with Gasteiger partial charge in [-0.1, -0.05) is 0 Å². The number of nitrogens with zero attached hydrogens (tertiary/aromatic N) is 3. The van der Waals surface area contributed by atoms with E-state index in [-0.39, 0.29) is 17.9 Å². The maximum atomic E-state index is 12.5. The topological polar surface area (TPSA) is 116 Å². The van der Waals surface area contributed by atoms with Gasteiger partial charge in [0.2, 0.25) is 5.78 Å². The second-order valence-electron chi connectivity index (χ2n) is 6.20. The molecule has 9 heteroatoms. The lowest BCUT2D eigenvalue weighted by Gasteiger charge is -2.06. The van der Waals surface area contributed by atoms with Gasteiger partial charge in [-0.3, -0.25) is 4.79 Å². The molecule has 3 aromatic rings. The fraction of sp³-hybridized carbons (Fsp3) is 0.250. The average Bonchev–Trinajstić information content (AvgIpc) is 3.34. The van der Waals surface area contributed by atoms with Gasteiger partial charge < -0.3 is 14.5 Å². The van der Waals surface area contributed by atoms with Gasteiger partial charge in [0.05, 0.1) is 12.2 Å². The summed E-state index contributed by atoms with van der Waals surface area (Å²) in [4.78, 5) is 43.7. The predicted octanol–water partition coefficient (Wildman–Crippen LogP) is 2.43. The molecule has 0 atom stereocenters. The minimum absolute atomic E-state index is 0.212. The summed E-state index contributed by atoms with van der Waals surface area (Å²) in [5.74, 6) is -1.07. The third-order valence-corrected chi connectivity index (χ3v) is 4.25. The molecule has 0 aliphatic carbocycles. The van der Waals surface area contributed by atoms with Crippen LogP contribution >= 0.6 is 0 Å². The summed E-state index contributed by atoms with van der Waals surface area (Å²) >= 11 is 0. The highest BCUT2D eigenvalue weighted by atomic mass is 16.5. The number of carbonyl (C=O) groups excluding carboxylic acids is 3. The number of aryl methyl sites for hydroxylation is 1. The van der Waals surface area contributed by atoms with Crippen LogP contribution in [0.2, 0.25) is 0 Å². The van der Waals surface area contributed by atoms with Crippen LogP contribution in [0, 0.1) is 13.8 Å². The molecule has 0 radical (unpaired) electrons. The fourth-order valence-electron chi connectivity index (χ4n) is 2.91. The van der Waals surface area contributed by atoms with E-state index in [0.29, 0.717) is 22.6 Å². The number of aromatic nitrogens is 4. The van der Waals surface area contributed by atoms with Crippen molar-refractivity contribution >= 4 is 17.7 Å². The highest BCUT2D eigenvalue weighted by molar-refractivity contribution is 6.04. The minimum Gasteiger partial charge on any atom is -0.461 e. The summed E-state index contributed by atoms with van der Waals surface area (Å²) in [6.45, 7) is 4.78. The quantitative estimate of drug-likeness (QED) is 0.481. The maximum Gasteiger partial charge on any atom is 0.355 e. The summed E-state index contributed by atoms with van der Waals surface area (Å²) in [7, 11) is 0. The van der Waals surface area contributed by atoms with E-state index in [2.05, 4.69) is 15.1 Å². The summed E-state index contributed by atoms with van der Waals surface area (Å²) < 4.78 is 11.6. The standard InChI is InChI=1S/C20H20N4O5/c1-4-28-20(27)18-12(2)17(13(3)23-18)15(25)11-29-19(26)14-6-7-16(21-10-14)24-9-5-8-22-24/h5-10,23H,4,11H2,1-3H3. The molecule has 9 nitrogen and oxygen atoms in total. The van der Waals surface area contributed by atoms with Gasteiger partial charge in [0.15, 0.2) is 12.4 Å². The lowest BCUT2D eigenvalue weighted by atomic mass is 10.1. The average molecular weight is 396 g/mol. The zero-order valence-electron chi connectivity index (χ0n) is 16.3. The van der Waals surface area contributed by atoms with Crippen molar-refractivity contribution < 1.29 is 23.9 Å². The molecule has 0 aliphatic rings. The van der Waals surface area contributed by atoms with Gasteiger partial charge in [0.25, 0.3) is 0 Å². The van der Waals surface area contributed by atoms with Crippen molar-refractivity contribution in [3.05, 3.63) is 64.9 Å². The van der Waals surface area contributed by atoms with Gasteiger partial charge in [-0.25, -0.2) is 19.3 Å². The fourth-order valence-corrected chi connectivity index (χ4v) is 2.91. The molecule has 0 bridgehead atoms. The summed E-state index contributed by atoms with van der Waals surface area (Å²) in [6.07, 6.45) is 4.70. The monoisotopic (exact) mass is 396 g/mol. The number of aromatic amines is 1. The summed E-state index contributed by atoms with van der Waals surface area (Å²) in [5.41, 5.74) is 1.72. The van der Waals surface area contributed by atoms with Gasteiger partial charge in [-0.05, 0) is 44.5 Å². The van der Waals surface area contributed by atoms with Crippen molar-refractivity contribution in [1.82, 2.24) is 19.7 Å². The van der Waals surface area contributed by atoms with Crippen LogP contribution in [0.1, 0.15) is 49.4 Å². The molecular weight excluding hydrogens is 376 g/mol. The largest absolute Gasteiger partial charge is 0.461 e. The molecule has 3 aromatic heterocycles. The van der Waals surface area contributed by atoms with Crippen LogP contribution in [0.25, 0.3) is 5.82 Å². The smallest absolute Gasteiger partial charge is 0.355 e. The molecule has 3 rings (SSSR count). The number of esters is 2. The summed E-state index contributed by atoms with van der Waals surface area (Å²) in [5, 5.41) is 4.05. The lowest BCUT2D eigenvalue weighted by molar-refractivity contribution is 0.0472. The first-order valence-corrected chi connectivity index (χ1v) is 8.95. The van der Waals surface area contributed by atoms with E-state index in [1.165, 1.54) is 6.20 Å². The first kappa shape index (κ1) is 20.0. The van der Waals surface area contributed by atoms with Crippen LogP contribution in [0.3, 0.4) is 0 Å². The number of H-pyrrole nitrogens is 1. The highest BCUT2D eigenvalue weighted by Gasteiger charge is 2.23. The van der Waals surface area contributed by atoms with Gasteiger partial charge in [0.1, 0.15) is 5.69 Å². The molecule has 0 fully saturated rings. The lowest BCUT2D eigenvalue weighted by Crippen LogP contribution is -2.16. The zero-order chi connectivity index (χ0) is 21.0. The number of hydrogen-bond donors (Lipinski definition) is 1. The van der Waals surface area contributed by atoms with Crippen LogP contribution in [0.4, 0.5) is 0 Å². The number of nitrogens with one attached hydrogen (secondary N) is 1. The number of carbonyl (C=O) groups is 3. The first-order chi connectivity index (χ1) is 13.9. The predicted molar refractivity (Wildman–Crippen MR) is 102 cm³/mol. The minimum atomic E-state index is -0.672. The van der Waals surface area contributed by atoms with Gasteiger partial charge in [-0.15, -0.1) is 0 Å². The van der Waals surface area contributed by atoms with E-state index in [9.17, 15) is 14.4 Å². The van der Waals surface area contributed by atoms with Crippen LogP contribution in [0.15, 0.2) is 36.8 Å². The molecule has 0 amide bonds. The Hall–Kier alpha value is -3.75. The van der Waals surface area contributed by atoms with E-state index in [0.717, 1.165) is 0 Å². The Balaban J connectivity index is 1.66. The van der Waals surface area contributed by atoms with Gasteiger partial charge in [0, 0.05) is 29.8 Å². The molecule has 1 N–H and O–H groups in total. The first-order valence-electron chi connectivity index (χ1n) is 8.95. The van der Waals surface area contributed by atoms with Crippen molar-refractivity contribution in [2.24, 2.45) is 0 Å². The molecular formula is C20H20N4O5. The number of ether oxygens (including phenoxy) is 2. The van der Waals surface area contributed by atoms with E-state index in [1.54, 1.807) is 56.0 Å². The van der Waals surface area contributed by atoms with Crippen molar-refractivity contribution in [2.75, 3.05) is 13.2 Å². The second kappa shape index (κ2) is 8.51. The maximum absolute atomic E-state index is 12.5. The molecule has 0 spiro atoms. The van der Waals surface area contributed by atoms with Crippen LogP contribution in [0.5, 0.6) is 0 Å². The second-order valence-corrected chi connectivity index (χ2v) is 6.20. The summed E-state index contributed by atoms with van der Waals surface area (Å²) in [6, 6.07) is 4.92. The third kappa shape index (κ3) is 4.23. The third-order valence-electron chi connectivity index (χ3n) is 4.25. The molecule has 3 heterocycles. The molecule has 0 aromatic carbocycles. The highest BCUT2D eigenvalue weighted by Crippen LogP contribution is 2.20. The Morgan fingerprint density at radius 3 is 2.55 bits per heavy atom. The Kier molecular flexibility index (Phi) is 5.87. The van der Waals surface area contributed by atoms with E-state index < -0.39 is 24.3 Å². The molecule has 150 valence electrons. The van der Waals surface area contributed by atoms with Crippen LogP contribution in [-0.2, 0) is 9.47 Å². The number of ketones is 1. The number of pyridine rings is 1. The van der Waals surface area contributed by atoms with Crippen molar-refractivity contribution in [1.29, 1.82) is 0 Å². The Morgan fingerprint density at radius 2 is 1.93 bits per heavy atom. The number of rotatable bonds is 7. The van der Waals surface area contributed by atoms with E-state index in [1.807, 2.05) is 0 Å². The molecule has 29 heavy (non-hydrogen) atoms. The Bertz CT molecular complexity index is 1040. The van der Waals surface area contributed by atoms with Crippen molar-refractivity contribution in [3.63, 3.8) is 0 Å². The molecule has 0 saturated heterocycles. The number of hydrogen-bond acceptors (Lipinski definition) is 7. The van der Waals surface area contributed by atoms with Crippen molar-refractivity contribution in [2.45, 2.75) is 20.8 Å². The van der Waals surface area contributed by atoms with Crippen LogP contribution in [-0.4, -0.2) is 50.7 Å². The normalized spacial score (nSPS) is 10.6. The number of Topliss-reactive ketones (excluding diaryl/α,β-unsaturated/α-hetero) is 1. The zero-order valence-corrected chi connectivity index (χ0v) is 16.3. The Labute approximate surface area is 166 Å². The Morgan fingerprint density at radius 1 is 1.14 bits per heavy atom. The van der Waals surface area contributed by atoms with Gasteiger partial charge in [-0.2, -0.15) is 5.10 Å². The molecule has 0 aliphatic heterocycles. The van der Waals surface area contributed by atoms with E-state index >= 15 is 0 Å². The SMILES string of the molecule is CCOC(=O)c1[nH]c(C)c(C(=O)COC(=O)c2ccc(-n3cccn3)nc2)c1C. The van der Waals surface area contributed by atoms with Crippen LogP contribution < -0.4 is 0 Å².